The second kappa shape index (κ2) is 9.33. The van der Waals surface area contributed by atoms with Gasteiger partial charge in [0.05, 0.1) is 56.3 Å². The van der Waals surface area contributed by atoms with E-state index in [1.165, 1.54) is 28.4 Å². The normalized spacial score (nSPS) is 17.1. The largest absolute Gasteiger partial charge is 0.496 e. The third-order valence-corrected chi connectivity index (χ3v) is 6.53. The summed E-state index contributed by atoms with van der Waals surface area (Å²) in [6.45, 7) is 5.23. The maximum atomic E-state index is 14.0. The number of Topliss-reactive ketones (excluding diaryl/α,β-unsaturated/α-hetero) is 1. The number of allylic oxidation sites excluding steroid dienone is 3. The molecule has 0 aliphatic heterocycles. The minimum Gasteiger partial charge on any atom is -0.496 e. The van der Waals surface area contributed by atoms with Crippen LogP contribution in [0.15, 0.2) is 35.4 Å². The van der Waals surface area contributed by atoms with Crippen molar-refractivity contribution in [1.82, 2.24) is 0 Å². The van der Waals surface area contributed by atoms with E-state index < -0.39 is 23.3 Å². The van der Waals surface area contributed by atoms with Gasteiger partial charge in [-0.3, -0.25) is 14.4 Å². The molecule has 2 aromatic rings. The second-order valence-electron chi connectivity index (χ2n) is 9.75. The number of esters is 2. The maximum absolute atomic E-state index is 14.0. The Morgan fingerprint density at radius 1 is 0.944 bits per heavy atom. The summed E-state index contributed by atoms with van der Waals surface area (Å²) < 4.78 is 28.2. The van der Waals surface area contributed by atoms with E-state index in [1.54, 1.807) is 39.0 Å². The summed E-state index contributed by atoms with van der Waals surface area (Å²) in [6.07, 6.45) is 2.20. The van der Waals surface area contributed by atoms with Crippen LogP contribution in [0.3, 0.4) is 0 Å². The standard InChI is InChI=1S/C28H30O8/c1-28(2,3)27(31)36-24-17-13-14(26(30)35-7)11-12-15(17)22(29)20-21(24)23(33-5)16-9-8-10-18(32-4)19(16)25(20)34-6/h8-10,12,14H,11,13H2,1-7H3. The van der Waals surface area contributed by atoms with Gasteiger partial charge in [0.1, 0.15) is 23.0 Å². The predicted octanol–water partition coefficient (Wildman–Crippen LogP) is 4.87. The first-order valence-corrected chi connectivity index (χ1v) is 11.6. The first kappa shape index (κ1) is 25.3. The number of rotatable bonds is 5. The Balaban J connectivity index is 2.14. The highest BCUT2D eigenvalue weighted by Crippen LogP contribution is 2.53. The van der Waals surface area contributed by atoms with Crippen molar-refractivity contribution in [3.8, 4) is 17.2 Å². The summed E-state index contributed by atoms with van der Waals surface area (Å²) in [5, 5.41) is 1.19. The zero-order valence-electron chi connectivity index (χ0n) is 21.6. The van der Waals surface area contributed by atoms with Crippen molar-refractivity contribution >= 4 is 34.3 Å². The molecule has 0 aromatic heterocycles. The highest BCUT2D eigenvalue weighted by molar-refractivity contribution is 6.24. The van der Waals surface area contributed by atoms with Gasteiger partial charge in [0, 0.05) is 16.5 Å². The number of methoxy groups -OCH3 is 4. The molecule has 0 N–H and O–H groups in total. The topological polar surface area (TPSA) is 97.4 Å². The van der Waals surface area contributed by atoms with Gasteiger partial charge in [0.2, 0.25) is 0 Å². The summed E-state index contributed by atoms with van der Waals surface area (Å²) in [5.74, 6) is -0.378. The smallest absolute Gasteiger partial charge is 0.316 e. The van der Waals surface area contributed by atoms with E-state index >= 15 is 0 Å². The quantitative estimate of drug-likeness (QED) is 0.543. The van der Waals surface area contributed by atoms with Crippen LogP contribution in [0.5, 0.6) is 17.2 Å². The van der Waals surface area contributed by atoms with Gasteiger partial charge >= 0.3 is 11.9 Å². The molecule has 0 saturated heterocycles. The summed E-state index contributed by atoms with van der Waals surface area (Å²) in [5.41, 5.74) is 0.542. The lowest BCUT2D eigenvalue weighted by Gasteiger charge is -2.32. The lowest BCUT2D eigenvalue weighted by atomic mass is 9.75. The van der Waals surface area contributed by atoms with E-state index in [-0.39, 0.29) is 23.5 Å². The summed E-state index contributed by atoms with van der Waals surface area (Å²) in [7, 11) is 5.82. The number of benzene rings is 2. The van der Waals surface area contributed by atoms with Crippen molar-refractivity contribution in [2.24, 2.45) is 11.3 Å². The van der Waals surface area contributed by atoms with Crippen LogP contribution >= 0.6 is 0 Å². The van der Waals surface area contributed by atoms with E-state index in [2.05, 4.69) is 0 Å². The molecule has 2 aliphatic carbocycles. The van der Waals surface area contributed by atoms with Crippen LogP contribution in [0.25, 0.3) is 16.5 Å². The van der Waals surface area contributed by atoms with Crippen LogP contribution < -0.4 is 14.2 Å². The Hall–Kier alpha value is -3.81. The zero-order valence-corrected chi connectivity index (χ0v) is 21.6. The van der Waals surface area contributed by atoms with Gasteiger partial charge in [-0.1, -0.05) is 18.2 Å². The van der Waals surface area contributed by atoms with Crippen molar-refractivity contribution in [1.29, 1.82) is 0 Å². The SMILES string of the molecule is COC(=O)C1CC=C2C(=O)c3c(c(OC)c4cccc(OC)c4c3OC)C(OC(=O)C(C)(C)C)=C2C1. The average molecular weight is 495 g/mol. The number of fused-ring (bicyclic) bond motifs is 3. The van der Waals surface area contributed by atoms with Gasteiger partial charge in [-0.25, -0.2) is 0 Å². The van der Waals surface area contributed by atoms with E-state index in [1.807, 2.05) is 6.07 Å². The fraction of sp³-hybridized carbons (Fsp3) is 0.393. The minimum absolute atomic E-state index is 0.179. The minimum atomic E-state index is -0.827. The average Bonchev–Trinajstić information content (AvgIpc) is 2.87. The molecule has 1 atom stereocenters. The van der Waals surface area contributed by atoms with Crippen LogP contribution in [0.4, 0.5) is 0 Å². The highest BCUT2D eigenvalue weighted by atomic mass is 16.5. The molecule has 0 radical (unpaired) electrons. The molecule has 0 spiro atoms. The van der Waals surface area contributed by atoms with Crippen molar-refractivity contribution in [3.05, 3.63) is 46.5 Å². The molecule has 2 aromatic carbocycles. The molecular weight excluding hydrogens is 464 g/mol. The van der Waals surface area contributed by atoms with Crippen molar-refractivity contribution in [2.45, 2.75) is 33.6 Å². The summed E-state index contributed by atoms with van der Waals surface area (Å²) >= 11 is 0. The monoisotopic (exact) mass is 494 g/mol. The Morgan fingerprint density at radius 3 is 2.22 bits per heavy atom. The molecule has 0 saturated carbocycles. The van der Waals surface area contributed by atoms with E-state index in [0.717, 1.165) is 0 Å². The van der Waals surface area contributed by atoms with E-state index in [4.69, 9.17) is 23.7 Å². The fourth-order valence-corrected chi connectivity index (χ4v) is 4.72. The number of carbonyl (C=O) groups is 3. The maximum Gasteiger partial charge on any atom is 0.316 e. The molecule has 0 amide bonds. The molecule has 0 fully saturated rings. The second-order valence-corrected chi connectivity index (χ2v) is 9.75. The number of hydrogen-bond acceptors (Lipinski definition) is 8. The Morgan fingerprint density at radius 2 is 1.64 bits per heavy atom. The van der Waals surface area contributed by atoms with Crippen molar-refractivity contribution in [3.63, 3.8) is 0 Å². The molecule has 4 rings (SSSR count). The Labute approximate surface area is 209 Å². The molecule has 8 heteroatoms. The lowest BCUT2D eigenvalue weighted by molar-refractivity contribution is -0.145. The van der Waals surface area contributed by atoms with Crippen molar-refractivity contribution in [2.75, 3.05) is 28.4 Å². The van der Waals surface area contributed by atoms with Gasteiger partial charge in [-0.15, -0.1) is 0 Å². The molecule has 2 aliphatic rings. The van der Waals surface area contributed by atoms with Gasteiger partial charge in [0.15, 0.2) is 5.78 Å². The van der Waals surface area contributed by atoms with Crippen molar-refractivity contribution < 1.29 is 38.1 Å². The van der Waals surface area contributed by atoms with E-state index in [0.29, 0.717) is 51.2 Å². The van der Waals surface area contributed by atoms with Gasteiger partial charge in [-0.05, 0) is 39.7 Å². The predicted molar refractivity (Wildman–Crippen MR) is 133 cm³/mol. The number of hydrogen-bond donors (Lipinski definition) is 0. The number of carbonyl (C=O) groups excluding carboxylic acids is 3. The molecule has 1 unspecified atom stereocenters. The fourth-order valence-electron chi connectivity index (χ4n) is 4.72. The molecule has 36 heavy (non-hydrogen) atoms. The molecule has 190 valence electrons. The highest BCUT2D eigenvalue weighted by Gasteiger charge is 2.42. The van der Waals surface area contributed by atoms with Crippen LogP contribution in [-0.2, 0) is 19.1 Å². The van der Waals surface area contributed by atoms with Crippen LogP contribution in [-0.4, -0.2) is 46.2 Å². The third kappa shape index (κ3) is 3.90. The van der Waals surface area contributed by atoms with Gasteiger partial charge < -0.3 is 23.7 Å². The summed E-state index contributed by atoms with van der Waals surface area (Å²) in [4.78, 5) is 39.5. The zero-order chi connectivity index (χ0) is 26.4. The third-order valence-electron chi connectivity index (χ3n) is 6.53. The summed E-state index contributed by atoms with van der Waals surface area (Å²) in [6, 6.07) is 5.39. The molecule has 8 nitrogen and oxygen atoms in total. The number of ether oxygens (including phenoxy) is 5. The molecule has 0 bridgehead atoms. The van der Waals surface area contributed by atoms with Gasteiger partial charge in [-0.2, -0.15) is 0 Å². The molecular formula is C28H30O8. The first-order chi connectivity index (χ1) is 17.1. The first-order valence-electron chi connectivity index (χ1n) is 11.6. The number of ketones is 1. The Kier molecular flexibility index (Phi) is 6.56. The van der Waals surface area contributed by atoms with Gasteiger partial charge in [0.25, 0.3) is 0 Å². The van der Waals surface area contributed by atoms with Crippen LogP contribution in [0.2, 0.25) is 0 Å². The van der Waals surface area contributed by atoms with Crippen LogP contribution in [0, 0.1) is 11.3 Å². The molecule has 0 heterocycles. The van der Waals surface area contributed by atoms with Crippen LogP contribution in [0.1, 0.15) is 49.5 Å². The Bertz CT molecular complexity index is 1340. The van der Waals surface area contributed by atoms with E-state index in [9.17, 15) is 14.4 Å². The lowest BCUT2D eigenvalue weighted by Crippen LogP contribution is -2.29.